The lowest BCUT2D eigenvalue weighted by Crippen LogP contribution is -2.15. The Kier molecular flexibility index (Phi) is 8.68. The first-order valence-corrected chi connectivity index (χ1v) is 12.7. The fraction of sp³-hybridized carbons (Fsp3) is 0.250. The quantitative estimate of drug-likeness (QED) is 0.181. The van der Waals surface area contributed by atoms with Crippen LogP contribution in [-0.2, 0) is 4.74 Å². The predicted octanol–water partition coefficient (Wildman–Crippen LogP) is 6.79. The fourth-order valence-corrected chi connectivity index (χ4v) is 4.46. The molecule has 0 spiro atoms. The van der Waals surface area contributed by atoms with Crippen molar-refractivity contribution >= 4 is 34.4 Å². The first-order valence-electron chi connectivity index (χ1n) is 11.8. The van der Waals surface area contributed by atoms with Crippen molar-refractivity contribution in [1.29, 1.82) is 0 Å². The number of carbonyl (C=O) groups is 1. The maximum Gasteiger partial charge on any atom is 0.411 e. The number of hydrogen-bond acceptors (Lipinski definition) is 8. The predicted molar refractivity (Wildman–Crippen MR) is 145 cm³/mol. The van der Waals surface area contributed by atoms with Gasteiger partial charge in [-0.15, -0.1) is 11.8 Å². The second kappa shape index (κ2) is 12.3. The van der Waals surface area contributed by atoms with Crippen molar-refractivity contribution < 1.29 is 23.7 Å². The Morgan fingerprint density at radius 1 is 0.892 bits per heavy atom. The lowest BCUT2D eigenvalue weighted by atomic mass is 10.1. The van der Waals surface area contributed by atoms with E-state index in [0.717, 1.165) is 39.2 Å². The minimum absolute atomic E-state index is 0.328. The van der Waals surface area contributed by atoms with Gasteiger partial charge in [-0.2, -0.15) is 0 Å². The average Bonchev–Trinajstić information content (AvgIpc) is 2.92. The van der Waals surface area contributed by atoms with Gasteiger partial charge in [0.25, 0.3) is 0 Å². The zero-order valence-corrected chi connectivity index (χ0v) is 22.1. The summed E-state index contributed by atoms with van der Waals surface area (Å²) >= 11 is 1.63. The maximum atomic E-state index is 12.3. The molecule has 0 bridgehead atoms. The third kappa shape index (κ3) is 6.42. The van der Waals surface area contributed by atoms with Crippen LogP contribution >= 0.6 is 11.8 Å². The summed E-state index contributed by atoms with van der Waals surface area (Å²) in [6, 6.07) is 14.9. The van der Waals surface area contributed by atoms with Crippen LogP contribution in [0.3, 0.4) is 0 Å². The molecule has 0 fully saturated rings. The third-order valence-electron chi connectivity index (χ3n) is 5.81. The first-order chi connectivity index (χ1) is 18.0. The zero-order valence-electron chi connectivity index (χ0n) is 21.2. The van der Waals surface area contributed by atoms with E-state index in [2.05, 4.69) is 15.3 Å². The van der Waals surface area contributed by atoms with Crippen molar-refractivity contribution in [2.24, 2.45) is 0 Å². The second-order valence-corrected chi connectivity index (χ2v) is 9.24. The summed E-state index contributed by atoms with van der Waals surface area (Å²) in [5, 5.41) is 4.58. The Morgan fingerprint density at radius 2 is 1.70 bits per heavy atom. The summed E-state index contributed by atoms with van der Waals surface area (Å²) in [7, 11) is 3.18. The van der Waals surface area contributed by atoms with E-state index in [4.69, 9.17) is 18.9 Å². The summed E-state index contributed by atoms with van der Waals surface area (Å²) in [6.45, 7) is 4.21. The Balaban J connectivity index is 1.38. The van der Waals surface area contributed by atoms with E-state index >= 15 is 0 Å². The number of thioether (sulfide) groups is 1. The lowest BCUT2D eigenvalue weighted by molar-refractivity contribution is 0.162. The number of hydrogen-bond donors (Lipinski definition) is 1. The summed E-state index contributed by atoms with van der Waals surface area (Å²) < 4.78 is 22.5. The van der Waals surface area contributed by atoms with Gasteiger partial charge in [0, 0.05) is 35.3 Å². The van der Waals surface area contributed by atoms with Gasteiger partial charge in [0.2, 0.25) is 0 Å². The van der Waals surface area contributed by atoms with E-state index < -0.39 is 6.09 Å². The number of amides is 1. The summed E-state index contributed by atoms with van der Waals surface area (Å²) in [5.41, 5.74) is 3.18. The van der Waals surface area contributed by atoms with Crippen LogP contribution in [0, 0.1) is 13.8 Å². The van der Waals surface area contributed by atoms with E-state index in [0.29, 0.717) is 35.3 Å². The highest BCUT2D eigenvalue weighted by molar-refractivity contribution is 7.99. The molecule has 2 heterocycles. The number of nitrogens with one attached hydrogen (secondary N) is 1. The van der Waals surface area contributed by atoms with Crippen LogP contribution in [0.5, 0.6) is 23.0 Å². The molecule has 0 unspecified atom stereocenters. The van der Waals surface area contributed by atoms with Crippen LogP contribution in [0.2, 0.25) is 0 Å². The van der Waals surface area contributed by atoms with Crippen LogP contribution in [0.4, 0.5) is 10.5 Å². The number of aromatic nitrogens is 2. The molecule has 8 nitrogen and oxygen atoms in total. The molecule has 0 saturated heterocycles. The SMILES string of the molecule is COc1cc2nccc(Oc3ccc(NC(=O)OCCCSc4ccccn4)c(C)c3C)c2cc1OC. The van der Waals surface area contributed by atoms with Gasteiger partial charge in [0.1, 0.15) is 11.5 Å². The summed E-state index contributed by atoms with van der Waals surface area (Å²) in [5.74, 6) is 3.31. The molecule has 1 N–H and O–H groups in total. The minimum Gasteiger partial charge on any atom is -0.493 e. The number of carbonyl (C=O) groups excluding carboxylic acids is 1. The van der Waals surface area contributed by atoms with E-state index in [1.807, 2.05) is 56.3 Å². The fourth-order valence-electron chi connectivity index (χ4n) is 3.68. The van der Waals surface area contributed by atoms with Crippen molar-refractivity contribution in [3.8, 4) is 23.0 Å². The molecule has 0 saturated carbocycles. The van der Waals surface area contributed by atoms with Crippen LogP contribution in [-0.4, -0.2) is 42.6 Å². The van der Waals surface area contributed by atoms with E-state index in [9.17, 15) is 4.79 Å². The first kappa shape index (κ1) is 26.1. The normalized spacial score (nSPS) is 10.7. The highest BCUT2D eigenvalue weighted by Gasteiger charge is 2.15. The Hall–Kier alpha value is -3.98. The van der Waals surface area contributed by atoms with Crippen LogP contribution in [0.1, 0.15) is 17.5 Å². The highest BCUT2D eigenvalue weighted by Crippen LogP contribution is 2.38. The molecule has 0 aliphatic carbocycles. The van der Waals surface area contributed by atoms with Crippen molar-refractivity contribution in [3.05, 3.63) is 72.1 Å². The second-order valence-electron chi connectivity index (χ2n) is 8.13. The Morgan fingerprint density at radius 3 is 2.46 bits per heavy atom. The van der Waals surface area contributed by atoms with Gasteiger partial charge in [0.15, 0.2) is 11.5 Å². The van der Waals surface area contributed by atoms with Gasteiger partial charge < -0.3 is 18.9 Å². The minimum atomic E-state index is -0.486. The van der Waals surface area contributed by atoms with Gasteiger partial charge in [-0.3, -0.25) is 10.3 Å². The van der Waals surface area contributed by atoms with Gasteiger partial charge in [-0.05, 0) is 67.8 Å². The zero-order chi connectivity index (χ0) is 26.2. The third-order valence-corrected chi connectivity index (χ3v) is 6.84. The molecule has 2 aromatic carbocycles. The largest absolute Gasteiger partial charge is 0.493 e. The number of pyridine rings is 2. The van der Waals surface area contributed by atoms with Gasteiger partial charge in [-0.1, -0.05) is 6.07 Å². The van der Waals surface area contributed by atoms with E-state index in [-0.39, 0.29) is 0 Å². The molecular formula is C28H29N3O5S. The number of ether oxygens (including phenoxy) is 4. The molecule has 0 aliphatic rings. The number of benzene rings is 2. The number of methoxy groups -OCH3 is 2. The number of fused-ring (bicyclic) bond motifs is 1. The number of anilines is 1. The Labute approximate surface area is 220 Å². The number of rotatable bonds is 10. The van der Waals surface area contributed by atoms with Gasteiger partial charge >= 0.3 is 6.09 Å². The van der Waals surface area contributed by atoms with Crippen molar-refractivity contribution in [2.45, 2.75) is 25.3 Å². The highest BCUT2D eigenvalue weighted by atomic mass is 32.2. The topological polar surface area (TPSA) is 91.8 Å². The average molecular weight is 520 g/mol. The Bertz CT molecular complexity index is 1380. The summed E-state index contributed by atoms with van der Waals surface area (Å²) in [4.78, 5) is 21.0. The molecule has 0 radical (unpaired) electrons. The smallest absolute Gasteiger partial charge is 0.411 e. The standard InChI is InChI=1S/C28H29N3O5S/c1-18-19(2)23(36-24-11-13-29-22-17-26(34-4)25(33-3)16-20(22)24)10-9-21(18)31-28(32)35-14-7-15-37-27-8-5-6-12-30-27/h5-6,8-13,16-17H,7,14-15H2,1-4H3,(H,31,32). The van der Waals surface area contributed by atoms with Crippen LogP contribution < -0.4 is 19.5 Å². The molecule has 4 rings (SSSR count). The lowest BCUT2D eigenvalue weighted by Gasteiger charge is -2.16. The maximum absolute atomic E-state index is 12.3. The van der Waals surface area contributed by atoms with E-state index in [1.165, 1.54) is 0 Å². The van der Waals surface area contributed by atoms with Gasteiger partial charge in [0.05, 0.1) is 31.4 Å². The molecule has 4 aromatic rings. The van der Waals surface area contributed by atoms with Gasteiger partial charge in [-0.25, -0.2) is 9.78 Å². The van der Waals surface area contributed by atoms with E-state index in [1.54, 1.807) is 44.4 Å². The molecule has 0 aliphatic heterocycles. The van der Waals surface area contributed by atoms with Crippen molar-refractivity contribution in [2.75, 3.05) is 31.9 Å². The van der Waals surface area contributed by atoms with Crippen molar-refractivity contribution in [1.82, 2.24) is 9.97 Å². The molecule has 0 atom stereocenters. The van der Waals surface area contributed by atoms with Crippen molar-refractivity contribution in [3.63, 3.8) is 0 Å². The molecular weight excluding hydrogens is 490 g/mol. The molecule has 192 valence electrons. The molecule has 37 heavy (non-hydrogen) atoms. The van der Waals surface area contributed by atoms with Crippen LogP contribution in [0.25, 0.3) is 10.9 Å². The molecule has 9 heteroatoms. The number of nitrogens with zero attached hydrogens (tertiary/aromatic N) is 2. The molecule has 1 amide bonds. The monoisotopic (exact) mass is 519 g/mol. The van der Waals surface area contributed by atoms with Crippen LogP contribution in [0.15, 0.2) is 66.0 Å². The molecule has 2 aromatic heterocycles. The summed E-state index contributed by atoms with van der Waals surface area (Å²) in [6.07, 6.45) is 3.70.